The van der Waals surface area contributed by atoms with Gasteiger partial charge in [0.15, 0.2) is 0 Å². The van der Waals surface area contributed by atoms with E-state index >= 15 is 0 Å². The first-order chi connectivity index (χ1) is 8.78. The van der Waals surface area contributed by atoms with E-state index in [9.17, 15) is 0 Å². The largest absolute Gasteiger partial charge is 0.314 e. The summed E-state index contributed by atoms with van der Waals surface area (Å²) in [6, 6.07) is 8.49. The normalized spacial score (nSPS) is 12.6. The Balaban J connectivity index is 2.01. The van der Waals surface area contributed by atoms with E-state index in [2.05, 4.69) is 23.3 Å². The van der Waals surface area contributed by atoms with Gasteiger partial charge in [-0.05, 0) is 30.7 Å². The number of hydrogen-bond acceptors (Lipinski definition) is 3. The Labute approximate surface area is 117 Å². The van der Waals surface area contributed by atoms with Crippen LogP contribution in [-0.4, -0.2) is 17.6 Å². The smallest absolute Gasteiger partial charge is 0.0940 e. The van der Waals surface area contributed by atoms with E-state index in [1.807, 2.05) is 29.8 Å². The molecule has 1 N–H and O–H groups in total. The highest BCUT2D eigenvalue weighted by Crippen LogP contribution is 2.15. The van der Waals surface area contributed by atoms with Gasteiger partial charge in [0.1, 0.15) is 0 Å². The molecule has 1 aromatic heterocycles. The van der Waals surface area contributed by atoms with Crippen molar-refractivity contribution in [1.82, 2.24) is 10.3 Å². The van der Waals surface area contributed by atoms with Gasteiger partial charge in [0.05, 0.1) is 5.01 Å². The minimum atomic E-state index is 0.416. The van der Waals surface area contributed by atoms with E-state index in [0.717, 1.165) is 24.4 Å². The number of halogens is 1. The summed E-state index contributed by atoms with van der Waals surface area (Å²) in [6.45, 7) is 3.10. The van der Waals surface area contributed by atoms with Crippen molar-refractivity contribution in [2.45, 2.75) is 25.8 Å². The molecule has 2 rings (SSSR count). The molecule has 0 aliphatic heterocycles. The van der Waals surface area contributed by atoms with Gasteiger partial charge in [0.25, 0.3) is 0 Å². The van der Waals surface area contributed by atoms with Crippen LogP contribution in [0.5, 0.6) is 0 Å². The Bertz CT molecular complexity index is 470. The number of rotatable bonds is 6. The van der Waals surface area contributed by atoms with Crippen molar-refractivity contribution in [3.05, 3.63) is 51.4 Å². The van der Waals surface area contributed by atoms with E-state index in [1.165, 1.54) is 10.6 Å². The molecule has 96 valence electrons. The van der Waals surface area contributed by atoms with Crippen LogP contribution < -0.4 is 5.32 Å². The molecule has 0 aliphatic carbocycles. The summed E-state index contributed by atoms with van der Waals surface area (Å²) in [7, 11) is 0. The monoisotopic (exact) mass is 280 g/mol. The highest BCUT2D eigenvalue weighted by molar-refractivity contribution is 7.09. The zero-order valence-corrected chi connectivity index (χ0v) is 12.0. The van der Waals surface area contributed by atoms with Crippen molar-refractivity contribution < 1.29 is 0 Å². The molecule has 0 saturated heterocycles. The van der Waals surface area contributed by atoms with Crippen molar-refractivity contribution in [3.63, 3.8) is 0 Å². The molecule has 18 heavy (non-hydrogen) atoms. The molecule has 0 saturated carbocycles. The third-order valence-corrected chi connectivity index (χ3v) is 3.81. The lowest BCUT2D eigenvalue weighted by Gasteiger charge is -2.16. The van der Waals surface area contributed by atoms with Gasteiger partial charge in [-0.15, -0.1) is 11.3 Å². The molecule has 1 unspecified atom stereocenters. The Kier molecular flexibility index (Phi) is 5.17. The fourth-order valence-electron chi connectivity index (χ4n) is 2.02. The van der Waals surface area contributed by atoms with Gasteiger partial charge >= 0.3 is 0 Å². The minimum absolute atomic E-state index is 0.416. The number of thiazole rings is 1. The molecule has 0 spiro atoms. The molecule has 1 heterocycles. The predicted octanol–water partition coefficient (Wildman–Crippen LogP) is 3.56. The van der Waals surface area contributed by atoms with Gasteiger partial charge in [-0.3, -0.25) is 0 Å². The molecule has 0 bridgehead atoms. The lowest BCUT2D eigenvalue weighted by molar-refractivity contribution is 0.520. The number of nitrogens with one attached hydrogen (secondary N) is 1. The van der Waals surface area contributed by atoms with Gasteiger partial charge in [0, 0.05) is 29.1 Å². The van der Waals surface area contributed by atoms with E-state index in [0.29, 0.717) is 6.04 Å². The number of benzene rings is 1. The van der Waals surface area contributed by atoms with Crippen LogP contribution in [0.4, 0.5) is 0 Å². The highest BCUT2D eigenvalue weighted by Gasteiger charge is 2.11. The summed E-state index contributed by atoms with van der Waals surface area (Å²) in [5.41, 5.74) is 1.27. The molecule has 0 aliphatic rings. The predicted molar refractivity (Wildman–Crippen MR) is 78.4 cm³/mol. The van der Waals surface area contributed by atoms with Crippen LogP contribution in [0.2, 0.25) is 5.02 Å². The first-order valence-electron chi connectivity index (χ1n) is 6.14. The molecule has 2 nitrogen and oxygen atoms in total. The lowest BCUT2D eigenvalue weighted by atomic mass is 10.0. The third-order valence-electron chi connectivity index (χ3n) is 2.77. The topological polar surface area (TPSA) is 24.9 Å². The van der Waals surface area contributed by atoms with Gasteiger partial charge in [-0.1, -0.05) is 30.7 Å². The standard InChI is InChI=1S/C14H17ClN2S/c1-2-16-13(10-14-17-6-7-18-14)9-11-4-3-5-12(15)8-11/h3-8,13,16H,2,9-10H2,1H3. The van der Waals surface area contributed by atoms with Gasteiger partial charge in [0.2, 0.25) is 0 Å². The zero-order valence-electron chi connectivity index (χ0n) is 10.4. The average Bonchev–Trinajstić information content (AvgIpc) is 2.82. The molecular weight excluding hydrogens is 264 g/mol. The number of nitrogens with zero attached hydrogens (tertiary/aromatic N) is 1. The maximum atomic E-state index is 6.02. The fourth-order valence-corrected chi connectivity index (χ4v) is 2.93. The average molecular weight is 281 g/mol. The van der Waals surface area contributed by atoms with Crippen LogP contribution in [0.1, 0.15) is 17.5 Å². The Morgan fingerprint density at radius 1 is 1.39 bits per heavy atom. The van der Waals surface area contributed by atoms with E-state index in [1.54, 1.807) is 11.3 Å². The molecule has 0 fully saturated rings. The van der Waals surface area contributed by atoms with E-state index in [4.69, 9.17) is 11.6 Å². The molecule has 0 amide bonds. The first-order valence-corrected chi connectivity index (χ1v) is 7.40. The van der Waals surface area contributed by atoms with Crippen molar-refractivity contribution in [2.75, 3.05) is 6.54 Å². The maximum absolute atomic E-state index is 6.02. The van der Waals surface area contributed by atoms with Gasteiger partial charge in [-0.25, -0.2) is 4.98 Å². The quantitative estimate of drug-likeness (QED) is 0.875. The minimum Gasteiger partial charge on any atom is -0.314 e. The van der Waals surface area contributed by atoms with Crippen LogP contribution in [-0.2, 0) is 12.8 Å². The van der Waals surface area contributed by atoms with Crippen LogP contribution in [0.15, 0.2) is 35.8 Å². The Hall–Kier alpha value is -0.900. The summed E-state index contributed by atoms with van der Waals surface area (Å²) in [5, 5.41) is 7.52. The molecule has 0 radical (unpaired) electrons. The van der Waals surface area contributed by atoms with E-state index in [-0.39, 0.29) is 0 Å². The Morgan fingerprint density at radius 2 is 2.28 bits per heavy atom. The highest BCUT2D eigenvalue weighted by atomic mass is 35.5. The van der Waals surface area contributed by atoms with Gasteiger partial charge in [-0.2, -0.15) is 0 Å². The van der Waals surface area contributed by atoms with Crippen molar-refractivity contribution in [2.24, 2.45) is 0 Å². The number of aromatic nitrogens is 1. The summed E-state index contributed by atoms with van der Waals surface area (Å²) in [6.07, 6.45) is 3.81. The second-order valence-corrected chi connectivity index (χ2v) is 5.63. The maximum Gasteiger partial charge on any atom is 0.0940 e. The first kappa shape index (κ1) is 13.5. The summed E-state index contributed by atoms with van der Waals surface area (Å²) < 4.78 is 0. The van der Waals surface area contributed by atoms with Crippen molar-refractivity contribution >= 4 is 22.9 Å². The molecule has 4 heteroatoms. The third kappa shape index (κ3) is 4.09. The summed E-state index contributed by atoms with van der Waals surface area (Å²) >= 11 is 7.73. The summed E-state index contributed by atoms with van der Waals surface area (Å²) in [5.74, 6) is 0. The van der Waals surface area contributed by atoms with Gasteiger partial charge < -0.3 is 5.32 Å². The van der Waals surface area contributed by atoms with Crippen LogP contribution in [0.3, 0.4) is 0 Å². The number of likely N-dealkylation sites (N-methyl/N-ethyl adjacent to an activating group) is 1. The van der Waals surface area contributed by atoms with Crippen molar-refractivity contribution in [1.29, 1.82) is 0 Å². The van der Waals surface area contributed by atoms with Crippen molar-refractivity contribution in [3.8, 4) is 0 Å². The fraction of sp³-hybridized carbons (Fsp3) is 0.357. The van der Waals surface area contributed by atoms with Crippen LogP contribution in [0.25, 0.3) is 0 Å². The zero-order chi connectivity index (χ0) is 12.8. The summed E-state index contributed by atoms with van der Waals surface area (Å²) in [4.78, 5) is 4.35. The number of hydrogen-bond donors (Lipinski definition) is 1. The molecular formula is C14H17ClN2S. The Morgan fingerprint density at radius 3 is 2.94 bits per heavy atom. The molecule has 1 aromatic carbocycles. The van der Waals surface area contributed by atoms with Crippen LogP contribution >= 0.6 is 22.9 Å². The van der Waals surface area contributed by atoms with E-state index < -0.39 is 0 Å². The van der Waals surface area contributed by atoms with Crippen LogP contribution in [0, 0.1) is 0 Å². The molecule has 1 atom stereocenters. The molecule has 2 aromatic rings. The lowest BCUT2D eigenvalue weighted by Crippen LogP contribution is -2.33. The second-order valence-electron chi connectivity index (χ2n) is 4.22. The second kappa shape index (κ2) is 6.88. The SMILES string of the molecule is CCNC(Cc1cccc(Cl)c1)Cc1nccs1.